The standard InChI is InChI=1S/C62H102O6/c1-4-7-10-13-16-18-20-22-23-24-25-26-27-28-29-30-31-32-33-34-35-36-37-38-39-40-42-43-46-49-52-55-61(64)67-58-59(57-66-60(63)54-51-48-45-15-12-9-6-3)68-62(65)56-53-50-47-44-41-21-19-17-14-11-8-5-2/h7,10,16-19,22-23,25-26,28-29,31-32,34-35,37-38,59H,4-6,8-9,11-15,20-21,24,27,30,33,36,39-58H2,1-3H3/b10-7-,18-16-,19-17-,23-22-,26-25-,29-28-,32-31-,35-34-,38-37-. The van der Waals surface area contributed by atoms with E-state index in [1.165, 1.54) is 70.6 Å². The normalized spacial score (nSPS) is 12.9. The summed E-state index contributed by atoms with van der Waals surface area (Å²) in [5.41, 5.74) is 0. The Morgan fingerprint density at radius 2 is 0.574 bits per heavy atom. The van der Waals surface area contributed by atoms with Crippen LogP contribution in [-0.4, -0.2) is 37.2 Å². The van der Waals surface area contributed by atoms with Crippen LogP contribution in [0.15, 0.2) is 109 Å². The van der Waals surface area contributed by atoms with Crippen molar-refractivity contribution in [3.63, 3.8) is 0 Å². The molecule has 0 fully saturated rings. The van der Waals surface area contributed by atoms with E-state index in [1.54, 1.807) is 0 Å². The molecular weight excluding hydrogens is 841 g/mol. The summed E-state index contributed by atoms with van der Waals surface area (Å²) in [5, 5.41) is 0. The van der Waals surface area contributed by atoms with Crippen molar-refractivity contribution in [2.75, 3.05) is 13.2 Å². The molecule has 1 atom stereocenters. The van der Waals surface area contributed by atoms with Crippen LogP contribution in [0.5, 0.6) is 0 Å². The molecule has 0 saturated carbocycles. The highest BCUT2D eigenvalue weighted by Gasteiger charge is 2.19. The maximum atomic E-state index is 12.7. The molecule has 0 aromatic heterocycles. The number of esters is 3. The van der Waals surface area contributed by atoms with E-state index in [9.17, 15) is 14.4 Å². The number of rotatable bonds is 49. The number of unbranched alkanes of at least 4 members (excludes halogenated alkanes) is 20. The van der Waals surface area contributed by atoms with E-state index in [4.69, 9.17) is 14.2 Å². The van der Waals surface area contributed by atoms with Gasteiger partial charge >= 0.3 is 17.9 Å². The van der Waals surface area contributed by atoms with E-state index in [1.807, 2.05) is 0 Å². The van der Waals surface area contributed by atoms with E-state index < -0.39 is 6.10 Å². The third kappa shape index (κ3) is 53.0. The van der Waals surface area contributed by atoms with Crippen LogP contribution in [0, 0.1) is 0 Å². The van der Waals surface area contributed by atoms with Crippen LogP contribution in [0.25, 0.3) is 0 Å². The molecule has 0 aromatic rings. The second-order valence-corrected chi connectivity index (χ2v) is 18.1. The molecule has 0 aliphatic rings. The first-order valence-electron chi connectivity index (χ1n) is 27.9. The van der Waals surface area contributed by atoms with Crippen molar-refractivity contribution < 1.29 is 28.6 Å². The van der Waals surface area contributed by atoms with Gasteiger partial charge in [0.05, 0.1) is 0 Å². The fraction of sp³-hybridized carbons (Fsp3) is 0.661. The number of carbonyl (C=O) groups excluding carboxylic acids is 3. The molecule has 0 heterocycles. The minimum atomic E-state index is -0.785. The molecule has 0 rings (SSSR count). The van der Waals surface area contributed by atoms with Crippen LogP contribution in [0.4, 0.5) is 0 Å². The van der Waals surface area contributed by atoms with Gasteiger partial charge in [0.25, 0.3) is 0 Å². The Morgan fingerprint density at radius 1 is 0.309 bits per heavy atom. The van der Waals surface area contributed by atoms with Gasteiger partial charge in [-0.25, -0.2) is 0 Å². The van der Waals surface area contributed by atoms with Crippen LogP contribution in [-0.2, 0) is 28.6 Å². The van der Waals surface area contributed by atoms with E-state index in [2.05, 4.69) is 130 Å². The summed E-state index contributed by atoms with van der Waals surface area (Å²) in [4.78, 5) is 37.8. The molecule has 6 heteroatoms. The van der Waals surface area contributed by atoms with Gasteiger partial charge in [0, 0.05) is 19.3 Å². The van der Waals surface area contributed by atoms with Crippen molar-refractivity contribution >= 4 is 17.9 Å². The van der Waals surface area contributed by atoms with E-state index in [0.717, 1.165) is 135 Å². The molecule has 0 aromatic carbocycles. The highest BCUT2D eigenvalue weighted by Crippen LogP contribution is 2.14. The zero-order chi connectivity index (χ0) is 49.3. The van der Waals surface area contributed by atoms with E-state index >= 15 is 0 Å². The van der Waals surface area contributed by atoms with Gasteiger partial charge in [0.2, 0.25) is 0 Å². The summed E-state index contributed by atoms with van der Waals surface area (Å²) in [6.07, 6.45) is 75.3. The average Bonchev–Trinajstić information content (AvgIpc) is 3.34. The zero-order valence-electron chi connectivity index (χ0n) is 44.1. The molecule has 0 spiro atoms. The molecule has 0 amide bonds. The summed E-state index contributed by atoms with van der Waals surface area (Å²) in [6, 6.07) is 0. The lowest BCUT2D eigenvalue weighted by atomic mass is 10.1. The Balaban J connectivity index is 4.17. The minimum absolute atomic E-state index is 0.0860. The first-order valence-corrected chi connectivity index (χ1v) is 27.9. The Morgan fingerprint density at radius 3 is 0.941 bits per heavy atom. The van der Waals surface area contributed by atoms with Gasteiger partial charge in [-0.3, -0.25) is 14.4 Å². The maximum Gasteiger partial charge on any atom is 0.306 e. The average molecular weight is 943 g/mol. The van der Waals surface area contributed by atoms with Crippen molar-refractivity contribution in [1.82, 2.24) is 0 Å². The third-order valence-electron chi connectivity index (χ3n) is 11.5. The van der Waals surface area contributed by atoms with Crippen LogP contribution >= 0.6 is 0 Å². The monoisotopic (exact) mass is 943 g/mol. The first-order chi connectivity index (χ1) is 33.5. The lowest BCUT2D eigenvalue weighted by molar-refractivity contribution is -0.167. The highest BCUT2D eigenvalue weighted by molar-refractivity contribution is 5.71. The van der Waals surface area contributed by atoms with Crippen LogP contribution in [0.1, 0.15) is 245 Å². The second kappa shape index (κ2) is 55.7. The molecule has 0 bridgehead atoms. The van der Waals surface area contributed by atoms with Crippen molar-refractivity contribution in [3.05, 3.63) is 109 Å². The summed E-state index contributed by atoms with van der Waals surface area (Å²) in [6.45, 7) is 6.43. The quantitative estimate of drug-likeness (QED) is 0.0262. The summed E-state index contributed by atoms with van der Waals surface area (Å²) in [5.74, 6) is -0.921. The van der Waals surface area contributed by atoms with Crippen molar-refractivity contribution in [1.29, 1.82) is 0 Å². The highest BCUT2D eigenvalue weighted by atomic mass is 16.6. The molecular formula is C62H102O6. The largest absolute Gasteiger partial charge is 0.462 e. The van der Waals surface area contributed by atoms with Crippen molar-refractivity contribution in [2.45, 2.75) is 252 Å². The number of hydrogen-bond acceptors (Lipinski definition) is 6. The van der Waals surface area contributed by atoms with Gasteiger partial charge < -0.3 is 14.2 Å². The molecule has 386 valence electrons. The third-order valence-corrected chi connectivity index (χ3v) is 11.5. The number of carbonyl (C=O) groups is 3. The van der Waals surface area contributed by atoms with Gasteiger partial charge in [-0.2, -0.15) is 0 Å². The number of hydrogen-bond donors (Lipinski definition) is 0. The molecule has 0 saturated heterocycles. The molecule has 0 aliphatic heterocycles. The maximum absolute atomic E-state index is 12.7. The fourth-order valence-corrected chi connectivity index (χ4v) is 7.33. The van der Waals surface area contributed by atoms with Crippen LogP contribution in [0.3, 0.4) is 0 Å². The Hall–Kier alpha value is -3.93. The second-order valence-electron chi connectivity index (χ2n) is 18.1. The minimum Gasteiger partial charge on any atom is -0.462 e. The summed E-state index contributed by atoms with van der Waals surface area (Å²) in [7, 11) is 0. The molecule has 0 aliphatic carbocycles. The topological polar surface area (TPSA) is 78.9 Å². The van der Waals surface area contributed by atoms with Gasteiger partial charge in [0.1, 0.15) is 13.2 Å². The van der Waals surface area contributed by atoms with Gasteiger partial charge in [-0.15, -0.1) is 0 Å². The van der Waals surface area contributed by atoms with E-state index in [-0.39, 0.29) is 31.1 Å². The molecule has 6 nitrogen and oxygen atoms in total. The van der Waals surface area contributed by atoms with Crippen molar-refractivity contribution in [3.8, 4) is 0 Å². The molecule has 0 radical (unpaired) electrons. The zero-order valence-corrected chi connectivity index (χ0v) is 44.1. The number of allylic oxidation sites excluding steroid dienone is 18. The van der Waals surface area contributed by atoms with Gasteiger partial charge in [-0.1, -0.05) is 226 Å². The van der Waals surface area contributed by atoms with Gasteiger partial charge in [-0.05, 0) is 109 Å². The first kappa shape index (κ1) is 64.1. The van der Waals surface area contributed by atoms with Gasteiger partial charge in [0.15, 0.2) is 6.10 Å². The predicted molar refractivity (Wildman–Crippen MR) is 293 cm³/mol. The number of ether oxygens (including phenoxy) is 3. The van der Waals surface area contributed by atoms with Crippen LogP contribution < -0.4 is 0 Å². The molecule has 68 heavy (non-hydrogen) atoms. The SMILES string of the molecule is CC/C=C\C/C=C\C/C=C\C/C=C\C/C=C\C/C=C\C/C=C\C/C=C\CCCCCCCCC(=O)OCC(COC(=O)CCCCCCCCC)OC(=O)CCCCCCC/C=C\CCCCC. The summed E-state index contributed by atoms with van der Waals surface area (Å²) >= 11 is 0. The smallest absolute Gasteiger partial charge is 0.306 e. The predicted octanol–water partition coefficient (Wildman–Crippen LogP) is 18.7. The Kier molecular flexibility index (Phi) is 52.4. The molecule has 0 N–H and O–H groups in total. The lowest BCUT2D eigenvalue weighted by Gasteiger charge is -2.18. The van der Waals surface area contributed by atoms with E-state index in [0.29, 0.717) is 19.3 Å². The molecule has 1 unspecified atom stereocenters. The van der Waals surface area contributed by atoms with Crippen LogP contribution in [0.2, 0.25) is 0 Å². The fourth-order valence-electron chi connectivity index (χ4n) is 7.33. The summed E-state index contributed by atoms with van der Waals surface area (Å²) < 4.78 is 16.7. The van der Waals surface area contributed by atoms with Crippen molar-refractivity contribution in [2.24, 2.45) is 0 Å². The Labute approximate surface area is 419 Å². The Bertz CT molecular complexity index is 1410. The lowest BCUT2D eigenvalue weighted by Crippen LogP contribution is -2.30.